The molecule has 0 N–H and O–H groups in total. The Morgan fingerprint density at radius 2 is 2.25 bits per heavy atom. The van der Waals surface area contributed by atoms with E-state index in [0.29, 0.717) is 13.0 Å². The Hall–Kier alpha value is -1.95. The Balaban J connectivity index is 1.82. The van der Waals surface area contributed by atoms with Crippen LogP contribution < -0.4 is 0 Å². The van der Waals surface area contributed by atoms with Gasteiger partial charge in [-0.05, 0) is 36.3 Å². The molecule has 5 nitrogen and oxygen atoms in total. The van der Waals surface area contributed by atoms with Crippen molar-refractivity contribution in [3.05, 3.63) is 28.0 Å². The van der Waals surface area contributed by atoms with Crippen LogP contribution in [0.15, 0.2) is 23.1 Å². The van der Waals surface area contributed by atoms with Crippen LogP contribution in [0.4, 0.5) is 0 Å². The van der Waals surface area contributed by atoms with Crippen molar-refractivity contribution in [2.24, 2.45) is 23.7 Å². The molecule has 2 fully saturated rings. The Labute approximate surface area is 143 Å². The van der Waals surface area contributed by atoms with Crippen LogP contribution in [0.3, 0.4) is 0 Å². The number of hydrogen-bond acceptors (Lipinski definition) is 6. The molecule has 2 heterocycles. The second kappa shape index (κ2) is 5.84. The predicted molar refractivity (Wildman–Crippen MR) is 87.0 cm³/mol. The fraction of sp³-hybridized carbons (Fsp3) is 0.500. The molecule has 0 spiro atoms. The van der Waals surface area contributed by atoms with Crippen LogP contribution in [0.25, 0.3) is 5.57 Å². The molecule has 6 heteroatoms. The van der Waals surface area contributed by atoms with E-state index in [2.05, 4.69) is 0 Å². The summed E-state index contributed by atoms with van der Waals surface area (Å²) >= 11 is 1.52. The highest BCUT2D eigenvalue weighted by Crippen LogP contribution is 2.55. The van der Waals surface area contributed by atoms with Crippen LogP contribution in [0.5, 0.6) is 0 Å². The highest BCUT2D eigenvalue weighted by atomic mass is 32.1. The minimum absolute atomic E-state index is 0.0974. The number of allylic oxidation sites excluding steroid dienone is 2. The van der Waals surface area contributed by atoms with Gasteiger partial charge in [-0.25, -0.2) is 0 Å². The van der Waals surface area contributed by atoms with Gasteiger partial charge in [-0.1, -0.05) is 6.07 Å². The highest BCUT2D eigenvalue weighted by Gasteiger charge is 2.56. The van der Waals surface area contributed by atoms with E-state index in [-0.39, 0.29) is 30.1 Å². The summed E-state index contributed by atoms with van der Waals surface area (Å²) < 4.78 is 10.4. The number of hydrogen-bond donors (Lipinski definition) is 0. The number of esters is 2. The summed E-state index contributed by atoms with van der Waals surface area (Å²) in [7, 11) is 0. The molecule has 4 atom stereocenters. The molecule has 1 aromatic rings. The highest BCUT2D eigenvalue weighted by molar-refractivity contribution is 7.11. The quantitative estimate of drug-likeness (QED) is 0.621. The number of cyclic esters (lactones) is 1. The van der Waals surface area contributed by atoms with Gasteiger partial charge in [-0.15, -0.1) is 11.3 Å². The SMILES string of the molecule is CCOC(=O)[C@H]1C(=O)OC[C@@H]2C[C@H]3CC(=O)C(c4cccs4)=C3[C@@H]21. The van der Waals surface area contributed by atoms with Crippen LogP contribution >= 0.6 is 11.3 Å². The minimum atomic E-state index is -0.940. The molecular formula is C18H18O5S. The molecule has 1 aliphatic heterocycles. The molecule has 1 aromatic heterocycles. The standard InChI is InChI=1S/C18H18O5S/c1-2-22-17(20)16-14-10(8-23-18(16)21)6-9-7-11(19)15(13(9)14)12-4-3-5-24-12/h3-5,9-10,14,16H,2,6-8H2,1H3/t9-,10-,14+,16-/m0/s1. The average Bonchev–Trinajstić information content (AvgIpc) is 3.23. The zero-order valence-electron chi connectivity index (χ0n) is 13.3. The van der Waals surface area contributed by atoms with Gasteiger partial charge < -0.3 is 9.47 Å². The van der Waals surface area contributed by atoms with E-state index >= 15 is 0 Å². The molecule has 3 aliphatic rings. The lowest BCUT2D eigenvalue weighted by Crippen LogP contribution is -2.43. The Bertz CT molecular complexity index is 733. The summed E-state index contributed by atoms with van der Waals surface area (Å²) in [5.41, 5.74) is 1.72. The lowest BCUT2D eigenvalue weighted by molar-refractivity contribution is -0.171. The maximum absolute atomic E-state index is 12.6. The van der Waals surface area contributed by atoms with Gasteiger partial charge in [0.1, 0.15) is 0 Å². The van der Waals surface area contributed by atoms with E-state index in [1.54, 1.807) is 6.92 Å². The first kappa shape index (κ1) is 15.6. The zero-order chi connectivity index (χ0) is 16.8. The van der Waals surface area contributed by atoms with E-state index < -0.39 is 17.9 Å². The third-order valence-electron chi connectivity index (χ3n) is 5.25. The molecule has 2 aliphatic carbocycles. The molecule has 0 aromatic carbocycles. The number of ketones is 1. The number of ether oxygens (including phenoxy) is 2. The Morgan fingerprint density at radius 1 is 1.42 bits per heavy atom. The first-order valence-corrected chi connectivity index (χ1v) is 9.14. The van der Waals surface area contributed by atoms with Crippen LogP contribution in [-0.2, 0) is 23.9 Å². The molecule has 0 bridgehead atoms. The zero-order valence-corrected chi connectivity index (χ0v) is 14.1. The normalized spacial score (nSPS) is 31.7. The largest absolute Gasteiger partial charge is 0.465 e. The molecule has 24 heavy (non-hydrogen) atoms. The van der Waals surface area contributed by atoms with Gasteiger partial charge in [-0.3, -0.25) is 14.4 Å². The van der Waals surface area contributed by atoms with Crippen LogP contribution in [0, 0.1) is 23.7 Å². The van der Waals surface area contributed by atoms with E-state index in [4.69, 9.17) is 9.47 Å². The van der Waals surface area contributed by atoms with Crippen molar-refractivity contribution in [1.82, 2.24) is 0 Å². The number of carbonyl (C=O) groups excluding carboxylic acids is 3. The second-order valence-electron chi connectivity index (χ2n) is 6.51. The molecule has 0 radical (unpaired) electrons. The molecule has 0 unspecified atom stereocenters. The van der Waals surface area contributed by atoms with Crippen molar-refractivity contribution in [3.8, 4) is 0 Å². The van der Waals surface area contributed by atoms with Gasteiger partial charge in [-0.2, -0.15) is 0 Å². The van der Waals surface area contributed by atoms with Crippen molar-refractivity contribution >= 4 is 34.6 Å². The van der Waals surface area contributed by atoms with E-state index in [1.807, 2.05) is 17.5 Å². The molecule has 126 valence electrons. The minimum Gasteiger partial charge on any atom is -0.465 e. The smallest absolute Gasteiger partial charge is 0.320 e. The maximum Gasteiger partial charge on any atom is 0.320 e. The van der Waals surface area contributed by atoms with Crippen molar-refractivity contribution < 1.29 is 23.9 Å². The van der Waals surface area contributed by atoms with Crippen LogP contribution in [0.1, 0.15) is 24.6 Å². The third kappa shape index (κ3) is 2.24. The van der Waals surface area contributed by atoms with Gasteiger partial charge in [0, 0.05) is 28.7 Å². The number of carbonyl (C=O) groups is 3. The first-order valence-electron chi connectivity index (χ1n) is 8.26. The predicted octanol–water partition coefficient (Wildman–Crippen LogP) is 2.46. The number of rotatable bonds is 3. The summed E-state index contributed by atoms with van der Waals surface area (Å²) in [6, 6.07) is 3.85. The fourth-order valence-electron chi connectivity index (χ4n) is 4.44. The second-order valence-corrected chi connectivity index (χ2v) is 7.46. The number of fused-ring (bicyclic) bond motifs is 3. The molecular weight excluding hydrogens is 328 g/mol. The number of Topliss-reactive ketones (excluding diaryl/α,β-unsaturated/α-hetero) is 1. The van der Waals surface area contributed by atoms with E-state index in [1.165, 1.54) is 11.3 Å². The topological polar surface area (TPSA) is 69.7 Å². The van der Waals surface area contributed by atoms with Crippen molar-refractivity contribution in [2.45, 2.75) is 19.8 Å². The summed E-state index contributed by atoms with van der Waals surface area (Å²) in [6.07, 6.45) is 1.27. The van der Waals surface area contributed by atoms with Crippen molar-refractivity contribution in [2.75, 3.05) is 13.2 Å². The molecule has 0 amide bonds. The number of thiophene rings is 1. The van der Waals surface area contributed by atoms with E-state index in [9.17, 15) is 14.4 Å². The van der Waals surface area contributed by atoms with Crippen LogP contribution in [-0.4, -0.2) is 30.9 Å². The lowest BCUT2D eigenvalue weighted by Gasteiger charge is -2.32. The van der Waals surface area contributed by atoms with Gasteiger partial charge in [0.05, 0.1) is 13.2 Å². The van der Waals surface area contributed by atoms with Crippen molar-refractivity contribution in [3.63, 3.8) is 0 Å². The van der Waals surface area contributed by atoms with Gasteiger partial charge >= 0.3 is 11.9 Å². The van der Waals surface area contributed by atoms with Gasteiger partial charge in [0.25, 0.3) is 0 Å². The first-order chi connectivity index (χ1) is 11.6. The lowest BCUT2D eigenvalue weighted by atomic mass is 9.78. The van der Waals surface area contributed by atoms with Gasteiger partial charge in [0.2, 0.25) is 0 Å². The molecule has 1 saturated carbocycles. The Kier molecular flexibility index (Phi) is 3.79. The summed E-state index contributed by atoms with van der Waals surface area (Å²) in [5.74, 6) is -1.92. The average molecular weight is 346 g/mol. The van der Waals surface area contributed by atoms with Gasteiger partial charge in [0.15, 0.2) is 11.7 Å². The van der Waals surface area contributed by atoms with Crippen molar-refractivity contribution in [1.29, 1.82) is 0 Å². The van der Waals surface area contributed by atoms with Crippen LogP contribution in [0.2, 0.25) is 0 Å². The molecule has 1 saturated heterocycles. The Morgan fingerprint density at radius 3 is 2.96 bits per heavy atom. The summed E-state index contributed by atoms with van der Waals surface area (Å²) in [6.45, 7) is 2.26. The molecule has 4 rings (SSSR count). The summed E-state index contributed by atoms with van der Waals surface area (Å²) in [5, 5.41) is 1.94. The monoisotopic (exact) mass is 346 g/mol. The third-order valence-corrected chi connectivity index (χ3v) is 6.14. The van der Waals surface area contributed by atoms with E-state index in [0.717, 1.165) is 22.4 Å². The maximum atomic E-state index is 12.6. The summed E-state index contributed by atoms with van der Waals surface area (Å²) in [4.78, 5) is 38.2. The fourth-order valence-corrected chi connectivity index (χ4v) is 5.25.